The molecule has 0 heterocycles. The third-order valence-corrected chi connectivity index (χ3v) is 6.32. The lowest BCUT2D eigenvalue weighted by Crippen LogP contribution is -2.52. The van der Waals surface area contributed by atoms with Crippen LogP contribution in [0, 0.1) is 23.2 Å². The van der Waals surface area contributed by atoms with Gasteiger partial charge in [0.05, 0.1) is 11.0 Å². The van der Waals surface area contributed by atoms with Gasteiger partial charge in [-0.1, -0.05) is 6.92 Å². The molecule has 4 bridgehead atoms. The number of esters is 2. The molecule has 0 aromatic carbocycles. The van der Waals surface area contributed by atoms with Crippen molar-refractivity contribution in [1.29, 1.82) is 0 Å². The Bertz CT molecular complexity index is 461. The first kappa shape index (κ1) is 17.7. The number of ether oxygens (including phenoxy) is 3. The molecular formula is C19H30O5. The first-order valence-corrected chi connectivity index (χ1v) is 9.29. The van der Waals surface area contributed by atoms with Crippen LogP contribution in [0.5, 0.6) is 0 Å². The molecule has 4 rings (SSSR count). The van der Waals surface area contributed by atoms with E-state index in [1.807, 2.05) is 6.92 Å². The Hall–Kier alpha value is -1.10. The zero-order valence-corrected chi connectivity index (χ0v) is 15.1. The van der Waals surface area contributed by atoms with Gasteiger partial charge in [-0.25, -0.2) is 4.79 Å². The smallest absolute Gasteiger partial charge is 0.346 e. The zero-order chi connectivity index (χ0) is 17.4. The molecule has 0 atom stereocenters. The molecule has 0 N–H and O–H groups in total. The van der Waals surface area contributed by atoms with E-state index in [0.717, 1.165) is 37.0 Å². The molecule has 0 spiro atoms. The quantitative estimate of drug-likeness (QED) is 0.525. The van der Waals surface area contributed by atoms with Gasteiger partial charge >= 0.3 is 11.9 Å². The topological polar surface area (TPSA) is 61.8 Å². The SMILES string of the molecule is CCC(C)(C)C(=O)OCC(=O)OCOC12CC3CC(CC(C3)C1)C2. The second-order valence-corrected chi connectivity index (χ2v) is 8.69. The molecule has 4 fully saturated rings. The predicted molar refractivity (Wildman–Crippen MR) is 88.0 cm³/mol. The van der Waals surface area contributed by atoms with E-state index in [0.29, 0.717) is 6.42 Å². The number of hydrogen-bond acceptors (Lipinski definition) is 5. The van der Waals surface area contributed by atoms with E-state index in [-0.39, 0.29) is 25.0 Å². The van der Waals surface area contributed by atoms with Crippen LogP contribution in [0.2, 0.25) is 0 Å². The minimum atomic E-state index is -0.573. The summed E-state index contributed by atoms with van der Waals surface area (Å²) in [7, 11) is 0. The lowest BCUT2D eigenvalue weighted by molar-refractivity contribution is -0.212. The van der Waals surface area contributed by atoms with Crippen LogP contribution in [-0.4, -0.2) is 30.9 Å². The number of hydrogen-bond donors (Lipinski definition) is 0. The van der Waals surface area contributed by atoms with Gasteiger partial charge in [-0.05, 0) is 76.5 Å². The third kappa shape index (κ3) is 3.76. The van der Waals surface area contributed by atoms with Crippen molar-refractivity contribution in [2.24, 2.45) is 23.2 Å². The van der Waals surface area contributed by atoms with E-state index in [1.165, 1.54) is 19.3 Å². The molecule has 136 valence electrons. The average Bonchev–Trinajstić information content (AvgIpc) is 2.51. The third-order valence-electron chi connectivity index (χ3n) is 6.32. The van der Waals surface area contributed by atoms with Gasteiger partial charge in [-0.15, -0.1) is 0 Å². The normalized spacial score (nSPS) is 34.2. The van der Waals surface area contributed by atoms with Gasteiger partial charge in [0, 0.05) is 0 Å². The molecule has 0 amide bonds. The highest BCUT2D eigenvalue weighted by atomic mass is 16.7. The van der Waals surface area contributed by atoms with E-state index in [9.17, 15) is 9.59 Å². The van der Waals surface area contributed by atoms with Crippen LogP contribution >= 0.6 is 0 Å². The first-order valence-electron chi connectivity index (χ1n) is 9.29. The predicted octanol–water partition coefficient (Wildman–Crippen LogP) is 3.45. The minimum absolute atomic E-state index is 0.0281. The fourth-order valence-corrected chi connectivity index (χ4v) is 4.93. The summed E-state index contributed by atoms with van der Waals surface area (Å²) in [6.45, 7) is 5.15. The van der Waals surface area contributed by atoms with Crippen molar-refractivity contribution in [2.75, 3.05) is 13.4 Å². The lowest BCUT2D eigenvalue weighted by atomic mass is 9.54. The van der Waals surface area contributed by atoms with Gasteiger partial charge in [0.25, 0.3) is 0 Å². The van der Waals surface area contributed by atoms with E-state index in [4.69, 9.17) is 14.2 Å². The van der Waals surface area contributed by atoms with Gasteiger partial charge in [0.1, 0.15) is 0 Å². The van der Waals surface area contributed by atoms with Crippen LogP contribution < -0.4 is 0 Å². The molecule has 0 aromatic rings. The molecule has 0 radical (unpaired) electrons. The number of carbonyl (C=O) groups is 2. The van der Waals surface area contributed by atoms with Crippen LogP contribution in [0.25, 0.3) is 0 Å². The van der Waals surface area contributed by atoms with E-state index >= 15 is 0 Å². The molecular weight excluding hydrogens is 308 g/mol. The van der Waals surface area contributed by atoms with Crippen molar-refractivity contribution < 1.29 is 23.8 Å². The maximum atomic E-state index is 11.8. The molecule has 0 unspecified atom stereocenters. The highest BCUT2D eigenvalue weighted by Crippen LogP contribution is 2.57. The Kier molecular flexibility index (Phi) is 4.92. The Morgan fingerprint density at radius 2 is 1.54 bits per heavy atom. The number of rotatable bonds is 7. The van der Waals surface area contributed by atoms with E-state index < -0.39 is 11.4 Å². The fraction of sp³-hybridized carbons (Fsp3) is 0.895. The molecule has 24 heavy (non-hydrogen) atoms. The lowest BCUT2D eigenvalue weighted by Gasteiger charge is -2.56. The Balaban J connectivity index is 1.39. The zero-order valence-electron chi connectivity index (χ0n) is 15.1. The average molecular weight is 338 g/mol. The largest absolute Gasteiger partial charge is 0.453 e. The monoisotopic (exact) mass is 338 g/mol. The fourth-order valence-electron chi connectivity index (χ4n) is 4.93. The highest BCUT2D eigenvalue weighted by molar-refractivity contribution is 5.79. The van der Waals surface area contributed by atoms with Gasteiger partial charge in [-0.3, -0.25) is 4.79 Å². The minimum Gasteiger partial charge on any atom is -0.453 e. The molecule has 0 aliphatic heterocycles. The van der Waals surface area contributed by atoms with Gasteiger partial charge < -0.3 is 14.2 Å². The van der Waals surface area contributed by atoms with Crippen LogP contribution in [0.4, 0.5) is 0 Å². The van der Waals surface area contributed by atoms with Crippen LogP contribution in [0.3, 0.4) is 0 Å². The Morgan fingerprint density at radius 3 is 2.04 bits per heavy atom. The maximum absolute atomic E-state index is 11.8. The summed E-state index contributed by atoms with van der Waals surface area (Å²) in [5, 5.41) is 0. The standard InChI is InChI=1S/C19H30O5/c1-4-18(2,3)17(21)22-11-16(20)23-12-24-19-8-13-5-14(9-19)7-15(6-13)10-19/h13-15H,4-12H2,1-3H3. The van der Waals surface area contributed by atoms with E-state index in [2.05, 4.69) is 0 Å². The Morgan fingerprint density at radius 1 is 1.00 bits per heavy atom. The van der Waals surface area contributed by atoms with Gasteiger partial charge in [-0.2, -0.15) is 0 Å². The summed E-state index contributed by atoms with van der Waals surface area (Å²) < 4.78 is 16.2. The highest BCUT2D eigenvalue weighted by Gasteiger charge is 2.51. The maximum Gasteiger partial charge on any atom is 0.346 e. The summed E-state index contributed by atoms with van der Waals surface area (Å²) in [5.74, 6) is 1.47. The van der Waals surface area contributed by atoms with Crippen molar-refractivity contribution in [1.82, 2.24) is 0 Å². The van der Waals surface area contributed by atoms with Crippen molar-refractivity contribution in [3.05, 3.63) is 0 Å². The summed E-state index contributed by atoms with van der Waals surface area (Å²) in [6.07, 6.45) is 8.04. The summed E-state index contributed by atoms with van der Waals surface area (Å²) >= 11 is 0. The second-order valence-electron chi connectivity index (χ2n) is 8.69. The summed E-state index contributed by atoms with van der Waals surface area (Å²) in [5.41, 5.74) is -0.647. The molecule has 5 nitrogen and oxygen atoms in total. The molecule has 0 saturated heterocycles. The van der Waals surface area contributed by atoms with E-state index in [1.54, 1.807) is 13.8 Å². The molecule has 0 aromatic heterocycles. The first-order chi connectivity index (χ1) is 11.3. The second kappa shape index (κ2) is 6.66. The van der Waals surface area contributed by atoms with Gasteiger partial charge in [0.15, 0.2) is 13.4 Å². The summed E-state index contributed by atoms with van der Waals surface area (Å²) in [6, 6.07) is 0. The molecule has 4 aliphatic rings. The molecule has 4 aliphatic carbocycles. The van der Waals surface area contributed by atoms with Crippen molar-refractivity contribution in [3.8, 4) is 0 Å². The summed E-state index contributed by atoms with van der Waals surface area (Å²) in [4.78, 5) is 23.6. The van der Waals surface area contributed by atoms with Crippen molar-refractivity contribution in [3.63, 3.8) is 0 Å². The van der Waals surface area contributed by atoms with Crippen molar-refractivity contribution >= 4 is 11.9 Å². The van der Waals surface area contributed by atoms with Crippen LogP contribution in [0.1, 0.15) is 65.7 Å². The van der Waals surface area contributed by atoms with Crippen LogP contribution in [-0.2, 0) is 23.8 Å². The van der Waals surface area contributed by atoms with Crippen molar-refractivity contribution in [2.45, 2.75) is 71.3 Å². The molecule has 4 saturated carbocycles. The van der Waals surface area contributed by atoms with Crippen LogP contribution in [0.15, 0.2) is 0 Å². The van der Waals surface area contributed by atoms with Gasteiger partial charge in [0.2, 0.25) is 0 Å². The molecule has 5 heteroatoms. The number of carbonyl (C=O) groups excluding carboxylic acids is 2. The Labute approximate surface area is 144 Å².